The summed E-state index contributed by atoms with van der Waals surface area (Å²) in [5.41, 5.74) is -1.85. The highest BCUT2D eigenvalue weighted by Gasteiger charge is 2.51. The van der Waals surface area contributed by atoms with E-state index >= 15 is 0 Å². The number of carbonyl (C=O) groups is 8. The van der Waals surface area contributed by atoms with E-state index in [2.05, 4.69) is 42.5 Å². The Labute approximate surface area is 472 Å². The van der Waals surface area contributed by atoms with Crippen LogP contribution in [0.15, 0.2) is 0 Å². The number of ether oxygens (including phenoxy) is 9. The Bertz CT molecular complexity index is 2000. The molecule has 0 aliphatic carbocycles. The minimum absolute atomic E-state index is 0.00620. The van der Waals surface area contributed by atoms with Crippen LogP contribution in [0.25, 0.3) is 0 Å². The van der Waals surface area contributed by atoms with Gasteiger partial charge in [0.05, 0.1) is 85.9 Å². The molecule has 3 saturated heterocycles. The Hall–Kier alpha value is -4.96. The van der Waals surface area contributed by atoms with Crippen LogP contribution in [0.2, 0.25) is 0 Å². The van der Waals surface area contributed by atoms with Crippen LogP contribution in [0.3, 0.4) is 0 Å². The van der Waals surface area contributed by atoms with Crippen molar-refractivity contribution in [1.82, 2.24) is 42.5 Å². The van der Waals surface area contributed by atoms with Gasteiger partial charge in [0.1, 0.15) is 79.1 Å². The van der Waals surface area contributed by atoms with Gasteiger partial charge in [0.15, 0.2) is 18.3 Å². The lowest BCUT2D eigenvalue weighted by Gasteiger charge is -2.45. The van der Waals surface area contributed by atoms with Gasteiger partial charge in [0, 0.05) is 60.2 Å². The lowest BCUT2D eigenvalue weighted by molar-refractivity contribution is -0.272. The standard InChI is InChI=1S/C48H84N8O26/c1-25(60)52-29(44(72)50-11-14-76-17-20-80-48(56-28(4)63)24-79-31(21-57)40(68)43(48)71)6-8-35(65)55-30(45(73)51-10-13-75-16-19-78-47-37(54-27(3)62)42(70)39(67)33(23-59)82-47)5-7-34(64)49-9-12-74-15-18-77-46-36(53-26(2)61)41(69)38(66)32(22-58)81-46/h29-33,36-43,46-47,57-59,66-71H,5-24H2,1-4H3,(H,49,64)(H,50,72)(H,51,73)(H,52,60)(H,53,61)(H,54,62)(H,55,65)(H,56,63). The van der Waals surface area contributed by atoms with E-state index in [1.165, 1.54) is 13.8 Å². The van der Waals surface area contributed by atoms with E-state index in [9.17, 15) is 84.3 Å². The predicted octanol–water partition coefficient (Wildman–Crippen LogP) is -10.2. The third-order valence-corrected chi connectivity index (χ3v) is 12.7. The molecule has 0 saturated carbocycles. The van der Waals surface area contributed by atoms with Crippen molar-refractivity contribution < 1.29 is 127 Å². The minimum atomic E-state index is -1.85. The van der Waals surface area contributed by atoms with Crippen LogP contribution in [-0.4, -0.2) is 296 Å². The van der Waals surface area contributed by atoms with E-state index in [1.54, 1.807) is 0 Å². The molecule has 472 valence electrons. The summed E-state index contributed by atoms with van der Waals surface area (Å²) in [4.78, 5) is 100. The van der Waals surface area contributed by atoms with Gasteiger partial charge >= 0.3 is 0 Å². The number of rotatable bonds is 37. The van der Waals surface area contributed by atoms with E-state index in [4.69, 9.17) is 42.6 Å². The van der Waals surface area contributed by atoms with Crippen molar-refractivity contribution in [1.29, 1.82) is 0 Å². The van der Waals surface area contributed by atoms with Crippen molar-refractivity contribution in [3.8, 4) is 0 Å². The summed E-state index contributed by atoms with van der Waals surface area (Å²) in [6, 6.07) is -4.87. The van der Waals surface area contributed by atoms with Crippen LogP contribution < -0.4 is 42.5 Å². The first-order chi connectivity index (χ1) is 39.0. The van der Waals surface area contributed by atoms with Crippen molar-refractivity contribution in [2.45, 2.75) is 151 Å². The molecule has 0 bridgehead atoms. The molecule has 0 spiro atoms. The molecule has 34 heteroatoms. The monoisotopic (exact) mass is 1190 g/mol. The Morgan fingerprint density at radius 1 is 0.500 bits per heavy atom. The Morgan fingerprint density at radius 3 is 1.38 bits per heavy atom. The highest BCUT2D eigenvalue weighted by atomic mass is 16.7. The maximum Gasteiger partial charge on any atom is 0.242 e. The summed E-state index contributed by atoms with van der Waals surface area (Å²) in [6.07, 6.45) is -16.5. The number of nitrogens with one attached hydrogen (secondary N) is 8. The SMILES string of the molecule is CC(=O)NC(CCC(=O)NC(CCC(=O)NCCOCCOC1OC(CO)C(O)C(O)C1NC(C)=O)C(=O)NCCOCCOC1OC(CO)C(O)C(O)C1NC(C)=O)C(=O)NCCOCCOC1(NC(C)=O)COC(CO)C(O)C1O. The van der Waals surface area contributed by atoms with Crippen molar-refractivity contribution in [3.63, 3.8) is 0 Å². The smallest absolute Gasteiger partial charge is 0.242 e. The number of carbonyl (C=O) groups excluding carboxylic acids is 8. The van der Waals surface area contributed by atoms with E-state index in [0.717, 1.165) is 13.8 Å². The zero-order valence-corrected chi connectivity index (χ0v) is 46.3. The first-order valence-electron chi connectivity index (χ1n) is 26.6. The number of hydrogen-bond donors (Lipinski definition) is 17. The zero-order valence-electron chi connectivity index (χ0n) is 46.3. The summed E-state index contributed by atoms with van der Waals surface area (Å²) in [5, 5.41) is 111. The molecule has 34 nitrogen and oxygen atoms in total. The molecule has 16 atom stereocenters. The van der Waals surface area contributed by atoms with Gasteiger partial charge in [0.25, 0.3) is 0 Å². The second-order valence-electron chi connectivity index (χ2n) is 19.2. The van der Waals surface area contributed by atoms with Gasteiger partial charge in [-0.25, -0.2) is 0 Å². The Balaban J connectivity index is 1.52. The van der Waals surface area contributed by atoms with Crippen LogP contribution >= 0.6 is 0 Å². The highest BCUT2D eigenvalue weighted by Crippen LogP contribution is 2.27. The van der Waals surface area contributed by atoms with Gasteiger partial charge in [-0.3, -0.25) is 38.4 Å². The second kappa shape index (κ2) is 37.4. The third-order valence-electron chi connectivity index (χ3n) is 12.7. The van der Waals surface area contributed by atoms with Crippen molar-refractivity contribution in [3.05, 3.63) is 0 Å². The van der Waals surface area contributed by atoms with Gasteiger partial charge < -0.3 is 131 Å². The fourth-order valence-electron chi connectivity index (χ4n) is 8.58. The van der Waals surface area contributed by atoms with Crippen LogP contribution in [0.1, 0.15) is 53.4 Å². The fourth-order valence-corrected chi connectivity index (χ4v) is 8.58. The van der Waals surface area contributed by atoms with Gasteiger partial charge in [-0.1, -0.05) is 0 Å². The molecule has 0 radical (unpaired) electrons. The average molecular weight is 1190 g/mol. The van der Waals surface area contributed by atoms with E-state index in [0.29, 0.717) is 0 Å². The normalized spacial score (nSPS) is 28.8. The first-order valence-corrected chi connectivity index (χ1v) is 26.6. The van der Waals surface area contributed by atoms with Gasteiger partial charge in [-0.05, 0) is 12.8 Å². The summed E-state index contributed by atoms with van der Waals surface area (Å²) >= 11 is 0. The lowest BCUT2D eigenvalue weighted by atomic mass is 9.94. The lowest BCUT2D eigenvalue weighted by Crippen LogP contribution is -2.70. The number of amides is 8. The van der Waals surface area contributed by atoms with E-state index in [1.807, 2.05) is 0 Å². The fraction of sp³-hybridized carbons (Fsp3) is 0.833. The molecule has 17 N–H and O–H groups in total. The molecule has 3 rings (SSSR count). The average Bonchev–Trinajstić information content (AvgIpc) is 3.58. The maximum absolute atomic E-state index is 13.5. The van der Waals surface area contributed by atoms with Crippen molar-refractivity contribution in [2.24, 2.45) is 0 Å². The molecule has 3 fully saturated rings. The van der Waals surface area contributed by atoms with Gasteiger partial charge in [-0.2, -0.15) is 0 Å². The molecule has 3 aliphatic heterocycles. The number of aliphatic hydroxyl groups is 9. The molecular weight excluding hydrogens is 1100 g/mol. The Morgan fingerprint density at radius 2 is 0.939 bits per heavy atom. The predicted molar refractivity (Wildman–Crippen MR) is 273 cm³/mol. The molecule has 0 aromatic heterocycles. The second-order valence-corrected chi connectivity index (χ2v) is 19.2. The van der Waals surface area contributed by atoms with Crippen molar-refractivity contribution >= 4 is 47.3 Å². The topological polar surface area (TPSA) is 498 Å². The van der Waals surface area contributed by atoms with Crippen LogP contribution in [-0.2, 0) is 81.0 Å². The van der Waals surface area contributed by atoms with Crippen LogP contribution in [0.4, 0.5) is 0 Å². The van der Waals surface area contributed by atoms with E-state index in [-0.39, 0.29) is 105 Å². The molecule has 8 amide bonds. The molecular formula is C48H84N8O26. The highest BCUT2D eigenvalue weighted by molar-refractivity contribution is 5.90. The molecule has 0 aromatic rings. The molecule has 3 aliphatic rings. The van der Waals surface area contributed by atoms with E-state index < -0.39 is 171 Å². The van der Waals surface area contributed by atoms with Gasteiger partial charge in [0.2, 0.25) is 47.3 Å². The largest absolute Gasteiger partial charge is 0.394 e. The zero-order chi connectivity index (χ0) is 60.9. The third kappa shape index (κ3) is 24.0. The summed E-state index contributed by atoms with van der Waals surface area (Å²) in [7, 11) is 0. The quantitative estimate of drug-likeness (QED) is 0.0203. The van der Waals surface area contributed by atoms with Crippen molar-refractivity contribution in [2.75, 3.05) is 106 Å². The maximum atomic E-state index is 13.5. The minimum Gasteiger partial charge on any atom is -0.394 e. The summed E-state index contributed by atoms with van der Waals surface area (Å²) < 4.78 is 49.7. The van der Waals surface area contributed by atoms with Crippen LogP contribution in [0.5, 0.6) is 0 Å². The van der Waals surface area contributed by atoms with Gasteiger partial charge in [-0.15, -0.1) is 0 Å². The number of hydrogen-bond acceptors (Lipinski definition) is 26. The summed E-state index contributed by atoms with van der Waals surface area (Å²) in [5.74, 6) is -4.96. The molecule has 0 aromatic carbocycles. The molecule has 16 unspecified atom stereocenters. The number of aliphatic hydroxyl groups excluding tert-OH is 9. The summed E-state index contributed by atoms with van der Waals surface area (Å²) in [6.45, 7) is 1.25. The Kier molecular flexibility index (Phi) is 32.5. The first kappa shape index (κ1) is 71.3. The molecule has 3 heterocycles. The van der Waals surface area contributed by atoms with Crippen LogP contribution in [0, 0.1) is 0 Å². The molecule has 82 heavy (non-hydrogen) atoms.